The van der Waals surface area contributed by atoms with Gasteiger partial charge in [0.2, 0.25) is 0 Å². The first kappa shape index (κ1) is 13.1. The third-order valence-corrected chi connectivity index (χ3v) is 7.19. The number of rotatable bonds is 2. The average Bonchev–Trinajstić information content (AvgIpc) is 2.94. The van der Waals surface area contributed by atoms with E-state index in [0.717, 1.165) is 17.0 Å². The molecule has 4 bridgehead atoms. The van der Waals surface area contributed by atoms with Crippen LogP contribution in [0.2, 0.25) is 0 Å². The summed E-state index contributed by atoms with van der Waals surface area (Å²) < 4.78 is 0. The fourth-order valence-electron chi connectivity index (χ4n) is 6.22. The number of hydrogen-bond acceptors (Lipinski definition) is 3. The number of benzene rings is 1. The van der Waals surface area contributed by atoms with Gasteiger partial charge in [-0.2, -0.15) is 0 Å². The number of aromatic nitrogens is 1. The van der Waals surface area contributed by atoms with Crippen molar-refractivity contribution in [3.63, 3.8) is 0 Å². The van der Waals surface area contributed by atoms with Crippen molar-refractivity contribution in [3.05, 3.63) is 47.0 Å². The van der Waals surface area contributed by atoms with E-state index in [1.807, 2.05) is 0 Å². The van der Waals surface area contributed by atoms with Crippen molar-refractivity contribution in [2.24, 2.45) is 11.8 Å². The lowest BCUT2D eigenvalue weighted by molar-refractivity contribution is -0.0296. The topological polar surface area (TPSA) is 38.9 Å². The molecule has 6 rings (SSSR count). The predicted molar refractivity (Wildman–Crippen MR) is 91.0 cm³/mol. The highest BCUT2D eigenvalue weighted by Crippen LogP contribution is 2.66. The molecule has 4 aliphatic rings. The fourth-order valence-corrected chi connectivity index (χ4v) is 6.91. The van der Waals surface area contributed by atoms with E-state index in [-0.39, 0.29) is 0 Å². The van der Waals surface area contributed by atoms with Crippen LogP contribution in [0.25, 0.3) is 0 Å². The van der Waals surface area contributed by atoms with Crippen LogP contribution < -0.4 is 5.73 Å². The van der Waals surface area contributed by atoms with Crippen molar-refractivity contribution in [1.29, 1.82) is 0 Å². The first-order valence-electron chi connectivity index (χ1n) is 8.45. The molecule has 22 heavy (non-hydrogen) atoms. The molecule has 2 unspecified atom stereocenters. The average molecular weight is 310 g/mol. The summed E-state index contributed by atoms with van der Waals surface area (Å²) >= 11 is 1.61. The molecule has 0 spiro atoms. The van der Waals surface area contributed by atoms with Crippen molar-refractivity contribution in [1.82, 2.24) is 4.98 Å². The van der Waals surface area contributed by atoms with Crippen LogP contribution in [0, 0.1) is 11.8 Å². The lowest BCUT2D eigenvalue weighted by Crippen LogP contribution is -2.56. The summed E-state index contributed by atoms with van der Waals surface area (Å²) in [5.74, 6) is 1.76. The Labute approximate surface area is 135 Å². The summed E-state index contributed by atoms with van der Waals surface area (Å²) in [6.07, 6.45) is 8.16. The maximum Gasteiger partial charge on any atom is 0.180 e. The molecule has 2 aromatic rings. The van der Waals surface area contributed by atoms with Gasteiger partial charge in [0.1, 0.15) is 0 Å². The zero-order valence-electron chi connectivity index (χ0n) is 12.8. The minimum absolute atomic E-state index is 0.300. The lowest BCUT2D eigenvalue weighted by atomic mass is 9.42. The lowest BCUT2D eigenvalue weighted by Gasteiger charge is -2.62. The van der Waals surface area contributed by atoms with Gasteiger partial charge in [-0.05, 0) is 61.3 Å². The quantitative estimate of drug-likeness (QED) is 0.886. The standard InChI is InChI=1S/C19H22N2S/c20-17-21-16(11-22-17)19-9-13-6-14(10-19)8-18(7-13,12-19)15-4-2-1-3-5-15/h1-5,11,13-14H,6-10,12H2,(H2,20,21)/t13-,14+,18?,19?. The Bertz CT molecular complexity index is 691. The maximum absolute atomic E-state index is 5.95. The molecule has 1 heterocycles. The van der Waals surface area contributed by atoms with Gasteiger partial charge in [-0.15, -0.1) is 11.3 Å². The minimum atomic E-state index is 0.300. The van der Waals surface area contributed by atoms with Gasteiger partial charge in [0.15, 0.2) is 5.13 Å². The van der Waals surface area contributed by atoms with Gasteiger partial charge in [-0.3, -0.25) is 0 Å². The number of nitrogens with two attached hydrogens (primary N) is 1. The third-order valence-electron chi connectivity index (χ3n) is 6.51. The zero-order valence-corrected chi connectivity index (χ0v) is 13.6. The van der Waals surface area contributed by atoms with Crippen LogP contribution in [0.15, 0.2) is 35.7 Å². The Morgan fingerprint density at radius 1 is 1.00 bits per heavy atom. The van der Waals surface area contributed by atoms with Gasteiger partial charge >= 0.3 is 0 Å². The summed E-state index contributed by atoms with van der Waals surface area (Å²) in [4.78, 5) is 4.72. The van der Waals surface area contributed by atoms with E-state index in [0.29, 0.717) is 10.8 Å². The summed E-state index contributed by atoms with van der Waals surface area (Å²) in [7, 11) is 0. The molecule has 2 N–H and O–H groups in total. The van der Waals surface area contributed by atoms with Gasteiger partial charge in [-0.1, -0.05) is 30.3 Å². The fraction of sp³-hybridized carbons (Fsp3) is 0.526. The van der Waals surface area contributed by atoms with E-state index in [1.54, 1.807) is 16.9 Å². The Morgan fingerprint density at radius 2 is 1.68 bits per heavy atom. The largest absolute Gasteiger partial charge is 0.375 e. The molecule has 1 aromatic carbocycles. The molecule has 4 aliphatic carbocycles. The number of nitrogen functional groups attached to an aromatic ring is 1. The van der Waals surface area contributed by atoms with Crippen LogP contribution in [-0.4, -0.2) is 4.98 Å². The van der Waals surface area contributed by atoms with Gasteiger partial charge in [0.25, 0.3) is 0 Å². The van der Waals surface area contributed by atoms with Crippen molar-refractivity contribution in [2.75, 3.05) is 5.73 Å². The van der Waals surface area contributed by atoms with Gasteiger partial charge in [-0.25, -0.2) is 4.98 Å². The molecule has 0 saturated heterocycles. The molecule has 4 saturated carbocycles. The summed E-state index contributed by atoms with van der Waals surface area (Å²) in [6.45, 7) is 0. The number of anilines is 1. The highest BCUT2D eigenvalue weighted by molar-refractivity contribution is 7.13. The van der Waals surface area contributed by atoms with Crippen LogP contribution in [0.5, 0.6) is 0 Å². The Balaban J connectivity index is 1.62. The molecular weight excluding hydrogens is 288 g/mol. The highest BCUT2D eigenvalue weighted by atomic mass is 32.1. The molecule has 114 valence electrons. The molecule has 3 heteroatoms. The number of nitrogens with zero attached hydrogens (tertiary/aromatic N) is 1. The SMILES string of the molecule is Nc1nc(C23C[C@@H]4C[C@@H](CC(c5ccccc5)(C4)C2)C3)cs1. The van der Waals surface area contributed by atoms with Crippen molar-refractivity contribution < 1.29 is 0 Å². The predicted octanol–water partition coefficient (Wildman–Crippen LogP) is 4.51. The van der Waals surface area contributed by atoms with Crippen LogP contribution in [-0.2, 0) is 10.8 Å². The summed E-state index contributed by atoms with van der Waals surface area (Å²) in [5.41, 5.74) is 9.50. The van der Waals surface area contributed by atoms with Gasteiger partial charge < -0.3 is 5.73 Å². The highest BCUT2D eigenvalue weighted by Gasteiger charge is 2.59. The minimum Gasteiger partial charge on any atom is -0.375 e. The first-order chi connectivity index (χ1) is 10.7. The van der Waals surface area contributed by atoms with E-state index < -0.39 is 0 Å². The Kier molecular flexibility index (Phi) is 2.59. The van der Waals surface area contributed by atoms with E-state index in [2.05, 4.69) is 35.7 Å². The zero-order chi connectivity index (χ0) is 14.8. The van der Waals surface area contributed by atoms with Crippen molar-refractivity contribution >= 4 is 16.5 Å². The second kappa shape index (κ2) is 4.35. The number of thiazole rings is 1. The molecule has 0 aliphatic heterocycles. The third kappa shape index (κ3) is 1.75. The second-order valence-corrected chi connectivity index (χ2v) is 8.85. The molecule has 4 fully saturated rings. The van der Waals surface area contributed by atoms with Crippen molar-refractivity contribution in [2.45, 2.75) is 49.4 Å². The van der Waals surface area contributed by atoms with E-state index in [9.17, 15) is 0 Å². The number of hydrogen-bond donors (Lipinski definition) is 1. The first-order valence-corrected chi connectivity index (χ1v) is 9.33. The van der Waals surface area contributed by atoms with Gasteiger partial charge in [0, 0.05) is 10.8 Å². The van der Waals surface area contributed by atoms with Crippen LogP contribution in [0.3, 0.4) is 0 Å². The summed E-state index contributed by atoms with van der Waals surface area (Å²) in [6, 6.07) is 11.3. The van der Waals surface area contributed by atoms with Gasteiger partial charge in [0.05, 0.1) is 5.69 Å². The Hall–Kier alpha value is -1.35. The molecule has 0 amide bonds. The monoisotopic (exact) mass is 310 g/mol. The second-order valence-electron chi connectivity index (χ2n) is 7.96. The van der Waals surface area contributed by atoms with E-state index >= 15 is 0 Å². The smallest absolute Gasteiger partial charge is 0.180 e. The van der Waals surface area contributed by atoms with E-state index in [1.165, 1.54) is 44.2 Å². The Morgan fingerprint density at radius 3 is 2.32 bits per heavy atom. The maximum atomic E-state index is 5.95. The normalized spacial score (nSPS) is 39.3. The van der Waals surface area contributed by atoms with E-state index in [4.69, 9.17) is 10.7 Å². The van der Waals surface area contributed by atoms with Crippen LogP contribution in [0.1, 0.15) is 49.8 Å². The molecule has 1 aromatic heterocycles. The van der Waals surface area contributed by atoms with Crippen LogP contribution in [0.4, 0.5) is 5.13 Å². The van der Waals surface area contributed by atoms with Crippen LogP contribution >= 0.6 is 11.3 Å². The molecule has 0 radical (unpaired) electrons. The molecular formula is C19H22N2S. The molecule has 2 nitrogen and oxygen atoms in total. The van der Waals surface area contributed by atoms with Crippen molar-refractivity contribution in [3.8, 4) is 0 Å². The summed E-state index contributed by atoms with van der Waals surface area (Å²) in [5, 5.41) is 2.97. The molecule has 4 atom stereocenters.